The molecule has 0 aliphatic carbocycles. The number of hydrogen-bond donors (Lipinski definition) is 0. The topological polar surface area (TPSA) is 51.8 Å². The van der Waals surface area contributed by atoms with Gasteiger partial charge < -0.3 is 4.42 Å². The lowest BCUT2D eigenvalue weighted by Gasteiger charge is -2.14. The van der Waals surface area contributed by atoms with Crippen molar-refractivity contribution in [3.8, 4) is 67.4 Å². The largest absolute Gasteiger partial charge is 0.456 e. The minimum atomic E-state index is 0.658. The fourth-order valence-corrected chi connectivity index (χ4v) is 6.53. The second-order valence-electron chi connectivity index (χ2n) is 12.1. The average Bonchev–Trinajstić information content (AvgIpc) is 3.56. The molecular weight excluding hydrogens is 599 g/mol. The van der Waals surface area contributed by atoms with E-state index in [-0.39, 0.29) is 0 Å². The molecule has 230 valence electrons. The summed E-state index contributed by atoms with van der Waals surface area (Å²) in [6, 6.07) is 58.5. The van der Waals surface area contributed by atoms with Gasteiger partial charge in [0.05, 0.1) is 17.1 Å². The minimum Gasteiger partial charge on any atom is -0.456 e. The highest BCUT2D eigenvalue weighted by Crippen LogP contribution is 2.38. The van der Waals surface area contributed by atoms with E-state index in [1.165, 1.54) is 0 Å². The molecule has 0 fully saturated rings. The van der Waals surface area contributed by atoms with E-state index in [1.54, 1.807) is 0 Å². The van der Waals surface area contributed by atoms with Gasteiger partial charge in [-0.05, 0) is 82.9 Å². The molecule has 0 aliphatic rings. The second kappa shape index (κ2) is 12.2. The molecule has 0 atom stereocenters. The molecule has 0 radical (unpaired) electrons. The predicted molar refractivity (Wildman–Crippen MR) is 200 cm³/mol. The van der Waals surface area contributed by atoms with Gasteiger partial charge in [0.15, 0.2) is 5.82 Å². The van der Waals surface area contributed by atoms with E-state index in [0.717, 1.165) is 83.5 Å². The highest BCUT2D eigenvalue weighted by molar-refractivity contribution is 6.06. The Morgan fingerprint density at radius 2 is 0.959 bits per heavy atom. The zero-order valence-corrected chi connectivity index (χ0v) is 26.5. The molecule has 9 aromatic rings. The van der Waals surface area contributed by atoms with Crippen LogP contribution in [0, 0.1) is 0 Å². The maximum absolute atomic E-state index is 6.13. The summed E-state index contributed by atoms with van der Waals surface area (Å²) < 4.78 is 6.13. The molecule has 4 nitrogen and oxygen atoms in total. The molecule has 4 heteroatoms. The van der Waals surface area contributed by atoms with Gasteiger partial charge >= 0.3 is 0 Å². The van der Waals surface area contributed by atoms with Crippen LogP contribution in [-0.4, -0.2) is 15.0 Å². The lowest BCUT2D eigenvalue weighted by molar-refractivity contribution is 0.669. The predicted octanol–water partition coefficient (Wildman–Crippen LogP) is 11.8. The van der Waals surface area contributed by atoms with E-state index in [4.69, 9.17) is 19.4 Å². The summed E-state index contributed by atoms with van der Waals surface area (Å²) in [5.74, 6) is 0.658. The maximum Gasteiger partial charge on any atom is 0.160 e. The van der Waals surface area contributed by atoms with Crippen LogP contribution < -0.4 is 0 Å². The van der Waals surface area contributed by atoms with Gasteiger partial charge in [0.2, 0.25) is 0 Å². The first kappa shape index (κ1) is 28.6. The van der Waals surface area contributed by atoms with E-state index >= 15 is 0 Å². The van der Waals surface area contributed by atoms with Crippen LogP contribution >= 0.6 is 0 Å². The van der Waals surface area contributed by atoms with Gasteiger partial charge in [0.1, 0.15) is 11.2 Å². The molecule has 0 N–H and O–H groups in total. The minimum absolute atomic E-state index is 0.658. The molecule has 9 rings (SSSR count). The van der Waals surface area contributed by atoms with E-state index in [9.17, 15) is 0 Å². The van der Waals surface area contributed by atoms with Crippen molar-refractivity contribution in [2.24, 2.45) is 0 Å². The first-order chi connectivity index (χ1) is 24.3. The number of pyridine rings is 1. The molecule has 0 spiro atoms. The third-order valence-corrected chi connectivity index (χ3v) is 8.93. The van der Waals surface area contributed by atoms with Gasteiger partial charge in [-0.25, -0.2) is 9.97 Å². The maximum atomic E-state index is 6.13. The standard InChI is InChI=1S/C45H29N3O/c1-4-13-30(14-5-1)34-25-35(31-15-6-2-7-16-31)27-36(26-34)40-29-41(48-45(47-40)32-17-8-3-9-18-32)38-20-12-24-46-44(38)33-22-23-43-39(28-33)37-19-10-11-21-42(37)49-43/h1-29H. The molecule has 3 heterocycles. The molecular formula is C45H29N3O. The SMILES string of the molecule is c1ccc(-c2cc(-c3ccccc3)cc(-c3cc(-c4cccnc4-c4ccc5oc6ccccc6c5c4)nc(-c4ccccc4)n3)c2)cc1. The molecule has 0 aliphatic heterocycles. The molecule has 49 heavy (non-hydrogen) atoms. The Morgan fingerprint density at radius 1 is 0.367 bits per heavy atom. The summed E-state index contributed by atoms with van der Waals surface area (Å²) in [5.41, 5.74) is 12.6. The van der Waals surface area contributed by atoms with Crippen LogP contribution in [0.25, 0.3) is 89.4 Å². The number of furan rings is 1. The zero-order valence-electron chi connectivity index (χ0n) is 26.5. The fourth-order valence-electron chi connectivity index (χ4n) is 6.53. The summed E-state index contributed by atoms with van der Waals surface area (Å²) in [6.07, 6.45) is 1.84. The van der Waals surface area contributed by atoms with Crippen molar-refractivity contribution in [3.63, 3.8) is 0 Å². The number of fused-ring (bicyclic) bond motifs is 3. The second-order valence-corrected chi connectivity index (χ2v) is 12.1. The van der Waals surface area contributed by atoms with Crippen molar-refractivity contribution >= 4 is 21.9 Å². The number of hydrogen-bond acceptors (Lipinski definition) is 4. The highest BCUT2D eigenvalue weighted by Gasteiger charge is 2.17. The van der Waals surface area contributed by atoms with Crippen LogP contribution in [-0.2, 0) is 0 Å². The normalized spacial score (nSPS) is 11.3. The van der Waals surface area contributed by atoms with E-state index < -0.39 is 0 Å². The third-order valence-electron chi connectivity index (χ3n) is 8.93. The molecule has 0 bridgehead atoms. The Labute approximate surface area is 284 Å². The van der Waals surface area contributed by atoms with Crippen LogP contribution in [0.4, 0.5) is 0 Å². The van der Waals surface area contributed by atoms with Gasteiger partial charge in [-0.3, -0.25) is 4.98 Å². The zero-order chi connectivity index (χ0) is 32.6. The van der Waals surface area contributed by atoms with E-state index in [1.807, 2.05) is 66.9 Å². The highest BCUT2D eigenvalue weighted by atomic mass is 16.3. The Hall–Kier alpha value is -6.65. The van der Waals surface area contributed by atoms with Gasteiger partial charge in [-0.15, -0.1) is 0 Å². The molecule has 0 saturated heterocycles. The fraction of sp³-hybridized carbons (Fsp3) is 0. The van der Waals surface area contributed by atoms with Gasteiger partial charge in [-0.2, -0.15) is 0 Å². The monoisotopic (exact) mass is 627 g/mol. The molecule has 0 saturated carbocycles. The average molecular weight is 628 g/mol. The molecule has 6 aromatic carbocycles. The van der Waals surface area contributed by atoms with Gasteiger partial charge in [0, 0.05) is 39.2 Å². The Bertz CT molecular complexity index is 2540. The summed E-state index contributed by atoms with van der Waals surface area (Å²) >= 11 is 0. The van der Waals surface area contributed by atoms with Crippen molar-refractivity contribution in [3.05, 3.63) is 176 Å². The summed E-state index contributed by atoms with van der Waals surface area (Å²) in [5, 5.41) is 2.14. The van der Waals surface area contributed by atoms with Crippen LogP contribution in [0.3, 0.4) is 0 Å². The van der Waals surface area contributed by atoms with Crippen LogP contribution in [0.5, 0.6) is 0 Å². The Kier molecular flexibility index (Phi) is 7.10. The number of benzene rings is 6. The van der Waals surface area contributed by atoms with Crippen LogP contribution in [0.15, 0.2) is 180 Å². The molecule has 0 amide bonds. The first-order valence-electron chi connectivity index (χ1n) is 16.3. The van der Waals surface area contributed by atoms with Crippen molar-refractivity contribution in [1.82, 2.24) is 15.0 Å². The smallest absolute Gasteiger partial charge is 0.160 e. The molecule has 0 unspecified atom stereocenters. The first-order valence-corrected chi connectivity index (χ1v) is 16.3. The van der Waals surface area contributed by atoms with Crippen LogP contribution in [0.2, 0.25) is 0 Å². The number of nitrogens with zero attached hydrogens (tertiary/aromatic N) is 3. The Morgan fingerprint density at radius 3 is 1.67 bits per heavy atom. The number of para-hydroxylation sites is 1. The lowest BCUT2D eigenvalue weighted by Crippen LogP contribution is -1.98. The third kappa shape index (κ3) is 5.45. The number of rotatable bonds is 6. The summed E-state index contributed by atoms with van der Waals surface area (Å²) in [7, 11) is 0. The van der Waals surface area contributed by atoms with Crippen molar-refractivity contribution in [1.29, 1.82) is 0 Å². The van der Waals surface area contributed by atoms with E-state index in [2.05, 4.69) is 109 Å². The van der Waals surface area contributed by atoms with Crippen molar-refractivity contribution in [2.45, 2.75) is 0 Å². The lowest BCUT2D eigenvalue weighted by atomic mass is 9.94. The quantitative estimate of drug-likeness (QED) is 0.184. The Balaban J connectivity index is 1.25. The van der Waals surface area contributed by atoms with Crippen LogP contribution in [0.1, 0.15) is 0 Å². The van der Waals surface area contributed by atoms with E-state index in [0.29, 0.717) is 5.82 Å². The van der Waals surface area contributed by atoms with Crippen molar-refractivity contribution in [2.75, 3.05) is 0 Å². The molecule has 3 aromatic heterocycles. The van der Waals surface area contributed by atoms with Crippen molar-refractivity contribution < 1.29 is 4.42 Å². The summed E-state index contributed by atoms with van der Waals surface area (Å²) in [4.78, 5) is 15.3. The van der Waals surface area contributed by atoms with Gasteiger partial charge in [-0.1, -0.05) is 109 Å². The number of aromatic nitrogens is 3. The van der Waals surface area contributed by atoms with Gasteiger partial charge in [0.25, 0.3) is 0 Å². The summed E-state index contributed by atoms with van der Waals surface area (Å²) in [6.45, 7) is 0.